The van der Waals surface area contributed by atoms with Gasteiger partial charge in [0.2, 0.25) is 0 Å². The van der Waals surface area contributed by atoms with E-state index in [4.69, 9.17) is 15.3 Å². The maximum atomic E-state index is 10.9. The number of nitro benzene ring substituents is 1. The van der Waals surface area contributed by atoms with E-state index in [1.54, 1.807) is 30.3 Å². The quantitative estimate of drug-likeness (QED) is 0.634. The lowest BCUT2D eigenvalue weighted by Crippen LogP contribution is -2.32. The molecule has 1 heterocycles. The van der Waals surface area contributed by atoms with Crippen LogP contribution in [-0.2, 0) is 11.2 Å². The van der Waals surface area contributed by atoms with Crippen molar-refractivity contribution < 1.29 is 19.2 Å². The number of nitrogens with two attached hydrogens (primary N) is 1. The number of hydrogen-bond acceptors (Lipinski definition) is 5. The van der Waals surface area contributed by atoms with Crippen LogP contribution < -0.4 is 5.73 Å². The molecule has 0 radical (unpaired) electrons. The topological polar surface area (TPSA) is 120 Å². The third-order valence-electron chi connectivity index (χ3n) is 2.77. The summed E-state index contributed by atoms with van der Waals surface area (Å²) in [6.07, 6.45) is 0.0238. The fourth-order valence-electron chi connectivity index (χ4n) is 1.78. The monoisotopic (exact) mass is 276 g/mol. The first-order valence-corrected chi connectivity index (χ1v) is 5.80. The van der Waals surface area contributed by atoms with E-state index < -0.39 is 16.9 Å². The molecule has 3 N–H and O–H groups in total. The maximum Gasteiger partial charge on any atom is 0.320 e. The fourth-order valence-corrected chi connectivity index (χ4v) is 1.78. The van der Waals surface area contributed by atoms with Gasteiger partial charge in [-0.15, -0.1) is 0 Å². The molecular formula is C13H12N2O5. The molecule has 2 rings (SSSR count). The molecule has 1 unspecified atom stereocenters. The third-order valence-corrected chi connectivity index (χ3v) is 2.77. The first-order valence-electron chi connectivity index (χ1n) is 5.80. The number of nitro groups is 1. The van der Waals surface area contributed by atoms with Crippen molar-refractivity contribution in [2.75, 3.05) is 0 Å². The van der Waals surface area contributed by atoms with Gasteiger partial charge in [-0.2, -0.15) is 0 Å². The Labute approximate surface area is 113 Å². The van der Waals surface area contributed by atoms with E-state index in [9.17, 15) is 14.9 Å². The zero-order valence-electron chi connectivity index (χ0n) is 10.4. The van der Waals surface area contributed by atoms with Crippen LogP contribution in [0.25, 0.3) is 11.3 Å². The molecule has 1 atom stereocenters. The highest BCUT2D eigenvalue weighted by molar-refractivity contribution is 5.73. The number of benzene rings is 1. The van der Waals surface area contributed by atoms with Crippen molar-refractivity contribution in [3.8, 4) is 11.3 Å². The summed E-state index contributed by atoms with van der Waals surface area (Å²) in [6.45, 7) is 0. The predicted octanol–water partition coefficient (Wildman–Crippen LogP) is 1.81. The van der Waals surface area contributed by atoms with Gasteiger partial charge in [-0.1, -0.05) is 12.1 Å². The molecule has 0 aliphatic carbocycles. The molecule has 7 heteroatoms. The van der Waals surface area contributed by atoms with Crippen LogP contribution >= 0.6 is 0 Å². The molecule has 2 aromatic rings. The molecular weight excluding hydrogens is 264 g/mol. The number of carboxylic acids is 1. The molecule has 20 heavy (non-hydrogen) atoms. The molecule has 0 saturated carbocycles. The largest absolute Gasteiger partial charge is 0.480 e. The highest BCUT2D eigenvalue weighted by Gasteiger charge is 2.19. The van der Waals surface area contributed by atoms with Gasteiger partial charge in [-0.3, -0.25) is 14.9 Å². The highest BCUT2D eigenvalue weighted by Crippen LogP contribution is 2.30. The van der Waals surface area contributed by atoms with Crippen molar-refractivity contribution in [2.24, 2.45) is 5.73 Å². The van der Waals surface area contributed by atoms with Crippen LogP contribution in [0.1, 0.15) is 5.76 Å². The molecule has 0 aliphatic rings. The molecule has 0 spiro atoms. The van der Waals surface area contributed by atoms with Gasteiger partial charge in [-0.05, 0) is 18.2 Å². The zero-order chi connectivity index (χ0) is 14.7. The van der Waals surface area contributed by atoms with Crippen LogP contribution in [0.3, 0.4) is 0 Å². The van der Waals surface area contributed by atoms with Gasteiger partial charge in [0.05, 0.1) is 10.5 Å². The summed E-state index contributed by atoms with van der Waals surface area (Å²) in [6, 6.07) is 8.22. The Balaban J connectivity index is 2.30. The number of hydrogen-bond donors (Lipinski definition) is 2. The first-order chi connectivity index (χ1) is 9.49. The molecule has 104 valence electrons. The van der Waals surface area contributed by atoms with Crippen LogP contribution in [0, 0.1) is 10.1 Å². The van der Waals surface area contributed by atoms with Gasteiger partial charge in [-0.25, -0.2) is 0 Å². The Kier molecular flexibility index (Phi) is 3.81. The average Bonchev–Trinajstić information content (AvgIpc) is 2.87. The van der Waals surface area contributed by atoms with Crippen LogP contribution in [0.2, 0.25) is 0 Å². The Morgan fingerprint density at radius 2 is 2.05 bits per heavy atom. The van der Waals surface area contributed by atoms with Gasteiger partial charge in [0.1, 0.15) is 17.6 Å². The summed E-state index contributed by atoms with van der Waals surface area (Å²) >= 11 is 0. The lowest BCUT2D eigenvalue weighted by Gasteiger charge is -2.03. The first kappa shape index (κ1) is 13.8. The van der Waals surface area contributed by atoms with E-state index in [0.29, 0.717) is 17.1 Å². The minimum atomic E-state index is -1.13. The van der Waals surface area contributed by atoms with Crippen molar-refractivity contribution in [2.45, 2.75) is 12.5 Å². The second kappa shape index (κ2) is 5.54. The second-order valence-electron chi connectivity index (χ2n) is 4.19. The van der Waals surface area contributed by atoms with E-state index in [1.807, 2.05) is 0 Å². The van der Waals surface area contributed by atoms with Crippen LogP contribution in [0.4, 0.5) is 5.69 Å². The van der Waals surface area contributed by atoms with Gasteiger partial charge >= 0.3 is 5.97 Å². The number of rotatable bonds is 5. The highest BCUT2D eigenvalue weighted by atomic mass is 16.6. The molecule has 7 nitrogen and oxygen atoms in total. The van der Waals surface area contributed by atoms with Crippen molar-refractivity contribution in [3.63, 3.8) is 0 Å². The average molecular weight is 276 g/mol. The smallest absolute Gasteiger partial charge is 0.320 e. The molecule has 0 aliphatic heterocycles. The minimum Gasteiger partial charge on any atom is -0.480 e. The van der Waals surface area contributed by atoms with E-state index in [2.05, 4.69) is 0 Å². The van der Waals surface area contributed by atoms with Crippen LogP contribution in [0.15, 0.2) is 40.8 Å². The molecule has 0 amide bonds. The fraction of sp³-hybridized carbons (Fsp3) is 0.154. The summed E-state index contributed by atoms with van der Waals surface area (Å²) in [5.74, 6) is -0.452. The summed E-state index contributed by atoms with van der Waals surface area (Å²) in [7, 11) is 0. The zero-order valence-corrected chi connectivity index (χ0v) is 10.4. The molecule has 0 bridgehead atoms. The third kappa shape index (κ3) is 2.83. The number of carboxylic acid groups (broad SMARTS) is 1. The standard InChI is InChI=1S/C13H12N2O5/c14-10(13(16)17)7-8-5-6-12(20-8)9-3-1-2-4-11(9)15(18)19/h1-6,10H,7,14H2,(H,16,17). The van der Waals surface area contributed by atoms with E-state index in [-0.39, 0.29) is 12.1 Å². The van der Waals surface area contributed by atoms with Crippen LogP contribution in [0.5, 0.6) is 0 Å². The van der Waals surface area contributed by atoms with Crippen LogP contribution in [-0.4, -0.2) is 22.0 Å². The number of carbonyl (C=O) groups is 1. The number of furan rings is 1. The van der Waals surface area contributed by atoms with E-state index >= 15 is 0 Å². The van der Waals surface area contributed by atoms with E-state index in [0.717, 1.165) is 0 Å². The van der Waals surface area contributed by atoms with Gasteiger partial charge in [0.15, 0.2) is 0 Å². The van der Waals surface area contributed by atoms with Gasteiger partial charge in [0.25, 0.3) is 5.69 Å². The van der Waals surface area contributed by atoms with Crippen molar-refractivity contribution in [1.82, 2.24) is 0 Å². The summed E-state index contributed by atoms with van der Waals surface area (Å²) in [5, 5.41) is 19.7. The maximum absolute atomic E-state index is 10.9. The van der Waals surface area contributed by atoms with E-state index in [1.165, 1.54) is 6.07 Å². The Morgan fingerprint density at radius 1 is 1.35 bits per heavy atom. The normalized spacial score (nSPS) is 12.1. The number of para-hydroxylation sites is 1. The lowest BCUT2D eigenvalue weighted by atomic mass is 10.1. The van der Waals surface area contributed by atoms with Crippen molar-refractivity contribution >= 4 is 11.7 Å². The summed E-state index contributed by atoms with van der Waals surface area (Å²) in [5.41, 5.74) is 5.67. The van der Waals surface area contributed by atoms with Gasteiger partial charge in [0, 0.05) is 12.5 Å². The number of nitrogens with zero attached hydrogens (tertiary/aromatic N) is 1. The molecule has 0 fully saturated rings. The summed E-state index contributed by atoms with van der Waals surface area (Å²) in [4.78, 5) is 21.1. The van der Waals surface area contributed by atoms with Crippen molar-refractivity contribution in [1.29, 1.82) is 0 Å². The van der Waals surface area contributed by atoms with Crippen molar-refractivity contribution in [3.05, 3.63) is 52.3 Å². The SMILES string of the molecule is NC(Cc1ccc(-c2ccccc2[N+](=O)[O-])o1)C(=O)O. The predicted molar refractivity (Wildman–Crippen MR) is 70.1 cm³/mol. The molecule has 0 saturated heterocycles. The number of aliphatic carboxylic acids is 1. The molecule has 1 aromatic carbocycles. The molecule has 1 aromatic heterocycles. The second-order valence-corrected chi connectivity index (χ2v) is 4.19. The Hall–Kier alpha value is -2.67. The summed E-state index contributed by atoms with van der Waals surface area (Å²) < 4.78 is 5.43. The minimum absolute atomic E-state index is 0.0238. The Bertz CT molecular complexity index is 650. The Morgan fingerprint density at radius 3 is 2.70 bits per heavy atom. The lowest BCUT2D eigenvalue weighted by molar-refractivity contribution is -0.384. The van der Waals surface area contributed by atoms with Gasteiger partial charge < -0.3 is 15.3 Å².